The number of carbonyl (C=O) groups is 2. The third-order valence-corrected chi connectivity index (χ3v) is 4.33. The number of benzene rings is 2. The molecule has 0 spiro atoms. The van der Waals surface area contributed by atoms with Crippen molar-refractivity contribution in [2.24, 2.45) is 7.05 Å². The molecule has 4 aromatic rings. The van der Waals surface area contributed by atoms with E-state index in [2.05, 4.69) is 10.3 Å². The van der Waals surface area contributed by atoms with Gasteiger partial charge in [0.15, 0.2) is 11.4 Å². The lowest BCUT2D eigenvalue weighted by Gasteiger charge is -2.07. The van der Waals surface area contributed by atoms with Gasteiger partial charge in [0, 0.05) is 30.7 Å². The number of fused-ring (bicyclic) bond motifs is 1. The van der Waals surface area contributed by atoms with Crippen LogP contribution in [0.3, 0.4) is 0 Å². The van der Waals surface area contributed by atoms with Crippen molar-refractivity contribution >= 4 is 28.5 Å². The van der Waals surface area contributed by atoms with E-state index < -0.39 is 5.76 Å². The van der Waals surface area contributed by atoms with Crippen molar-refractivity contribution in [3.63, 3.8) is 0 Å². The molecule has 8 nitrogen and oxygen atoms in total. The van der Waals surface area contributed by atoms with Crippen molar-refractivity contribution in [2.75, 3.05) is 5.32 Å². The largest absolute Gasteiger partial charge is 0.420 e. The van der Waals surface area contributed by atoms with E-state index in [1.807, 2.05) is 0 Å². The fourth-order valence-corrected chi connectivity index (χ4v) is 2.93. The van der Waals surface area contributed by atoms with Crippen molar-refractivity contribution < 1.29 is 14.0 Å². The van der Waals surface area contributed by atoms with Crippen molar-refractivity contribution in [3.8, 4) is 0 Å². The SMILES string of the molecule is Cn1ccnc1C(=O)c1ccc(NC(=O)Cn2c(=O)oc3ccccc32)cc1. The molecule has 1 amide bonds. The van der Waals surface area contributed by atoms with E-state index in [9.17, 15) is 14.4 Å². The maximum Gasteiger partial charge on any atom is 0.420 e. The molecule has 0 bridgehead atoms. The van der Waals surface area contributed by atoms with Crippen LogP contribution in [-0.2, 0) is 18.4 Å². The summed E-state index contributed by atoms with van der Waals surface area (Å²) >= 11 is 0. The lowest BCUT2D eigenvalue weighted by molar-refractivity contribution is -0.116. The van der Waals surface area contributed by atoms with E-state index in [-0.39, 0.29) is 18.2 Å². The molecule has 0 unspecified atom stereocenters. The second-order valence-electron chi connectivity index (χ2n) is 6.24. The van der Waals surface area contributed by atoms with Crippen LogP contribution in [-0.4, -0.2) is 25.8 Å². The Kier molecular flexibility index (Phi) is 4.36. The Bertz CT molecular complexity index is 1230. The summed E-state index contributed by atoms with van der Waals surface area (Å²) in [5.74, 6) is -0.839. The second-order valence-corrected chi connectivity index (χ2v) is 6.24. The molecular formula is C20H16N4O4. The van der Waals surface area contributed by atoms with Crippen molar-refractivity contribution in [1.29, 1.82) is 0 Å². The zero-order chi connectivity index (χ0) is 19.7. The topological polar surface area (TPSA) is 99.1 Å². The first-order valence-corrected chi connectivity index (χ1v) is 8.53. The number of aryl methyl sites for hydroxylation is 1. The molecule has 0 saturated carbocycles. The van der Waals surface area contributed by atoms with Gasteiger partial charge in [0.25, 0.3) is 0 Å². The maximum atomic E-state index is 12.4. The number of amides is 1. The molecule has 0 aliphatic carbocycles. The Morgan fingerprint density at radius 2 is 1.86 bits per heavy atom. The number of para-hydroxylation sites is 2. The van der Waals surface area contributed by atoms with Gasteiger partial charge < -0.3 is 14.3 Å². The number of oxazole rings is 1. The van der Waals surface area contributed by atoms with Crippen molar-refractivity contribution in [2.45, 2.75) is 6.54 Å². The summed E-state index contributed by atoms with van der Waals surface area (Å²) in [6.07, 6.45) is 3.26. The van der Waals surface area contributed by atoms with Crippen LogP contribution in [0.4, 0.5) is 5.69 Å². The number of hydrogen-bond acceptors (Lipinski definition) is 5. The van der Waals surface area contributed by atoms with Crippen LogP contribution in [0.15, 0.2) is 70.1 Å². The van der Waals surface area contributed by atoms with Gasteiger partial charge in [0.2, 0.25) is 11.7 Å². The van der Waals surface area contributed by atoms with Gasteiger partial charge in [-0.3, -0.25) is 14.2 Å². The van der Waals surface area contributed by atoms with Gasteiger partial charge >= 0.3 is 5.76 Å². The number of nitrogens with zero attached hydrogens (tertiary/aromatic N) is 3. The number of nitrogens with one attached hydrogen (secondary N) is 1. The van der Waals surface area contributed by atoms with E-state index in [1.165, 1.54) is 4.57 Å². The number of aromatic nitrogens is 3. The maximum absolute atomic E-state index is 12.4. The molecule has 2 aromatic carbocycles. The van der Waals surface area contributed by atoms with Crippen molar-refractivity contribution in [3.05, 3.63) is 82.9 Å². The Balaban J connectivity index is 1.48. The Hall–Kier alpha value is -3.94. The number of carbonyl (C=O) groups excluding carboxylic acids is 2. The number of ketones is 1. The lowest BCUT2D eigenvalue weighted by atomic mass is 10.1. The molecule has 0 atom stereocenters. The van der Waals surface area contributed by atoms with Gasteiger partial charge in [0.1, 0.15) is 6.54 Å². The van der Waals surface area contributed by atoms with Crippen LogP contribution in [0.25, 0.3) is 11.1 Å². The minimum atomic E-state index is -0.590. The van der Waals surface area contributed by atoms with Gasteiger partial charge in [0.05, 0.1) is 5.52 Å². The molecule has 0 aliphatic heterocycles. The quantitative estimate of drug-likeness (QED) is 0.538. The highest BCUT2D eigenvalue weighted by Gasteiger charge is 2.15. The molecule has 0 aliphatic rings. The Morgan fingerprint density at radius 1 is 1.11 bits per heavy atom. The Morgan fingerprint density at radius 3 is 2.57 bits per heavy atom. The van der Waals surface area contributed by atoms with E-state index in [0.29, 0.717) is 28.2 Å². The highest BCUT2D eigenvalue weighted by Crippen LogP contribution is 2.14. The third-order valence-electron chi connectivity index (χ3n) is 4.33. The van der Waals surface area contributed by atoms with Crippen LogP contribution in [0.2, 0.25) is 0 Å². The summed E-state index contributed by atoms with van der Waals surface area (Å²) in [5, 5.41) is 2.71. The zero-order valence-electron chi connectivity index (χ0n) is 15.0. The molecule has 0 radical (unpaired) electrons. The smallest absolute Gasteiger partial charge is 0.408 e. The average molecular weight is 376 g/mol. The zero-order valence-corrected chi connectivity index (χ0v) is 15.0. The predicted molar refractivity (Wildman–Crippen MR) is 102 cm³/mol. The van der Waals surface area contributed by atoms with Crippen LogP contribution < -0.4 is 11.1 Å². The van der Waals surface area contributed by atoms with Crippen LogP contribution in [0.5, 0.6) is 0 Å². The van der Waals surface area contributed by atoms with Gasteiger partial charge in [-0.25, -0.2) is 9.78 Å². The molecule has 2 aromatic heterocycles. The molecule has 8 heteroatoms. The lowest BCUT2D eigenvalue weighted by Crippen LogP contribution is -2.24. The highest BCUT2D eigenvalue weighted by molar-refractivity contribution is 6.07. The van der Waals surface area contributed by atoms with Crippen LogP contribution in [0, 0.1) is 0 Å². The summed E-state index contributed by atoms with van der Waals surface area (Å²) < 4.78 is 8.03. The van der Waals surface area contributed by atoms with E-state index in [1.54, 1.807) is 72.5 Å². The molecule has 0 fully saturated rings. The van der Waals surface area contributed by atoms with Gasteiger partial charge in [-0.05, 0) is 36.4 Å². The number of anilines is 1. The van der Waals surface area contributed by atoms with Gasteiger partial charge in [-0.15, -0.1) is 0 Å². The third kappa shape index (κ3) is 3.23. The first-order valence-electron chi connectivity index (χ1n) is 8.53. The number of imidazole rings is 1. The molecule has 0 saturated heterocycles. The fourth-order valence-electron chi connectivity index (χ4n) is 2.93. The monoisotopic (exact) mass is 376 g/mol. The summed E-state index contributed by atoms with van der Waals surface area (Å²) in [6.45, 7) is -0.177. The van der Waals surface area contributed by atoms with Crippen LogP contribution >= 0.6 is 0 Å². The summed E-state index contributed by atoms with van der Waals surface area (Å²) in [4.78, 5) is 40.7. The minimum Gasteiger partial charge on any atom is -0.408 e. The van der Waals surface area contributed by atoms with E-state index >= 15 is 0 Å². The summed E-state index contributed by atoms with van der Waals surface area (Å²) in [7, 11) is 1.75. The average Bonchev–Trinajstić information content (AvgIpc) is 3.25. The van der Waals surface area contributed by atoms with Crippen LogP contribution in [0.1, 0.15) is 16.2 Å². The predicted octanol–water partition coefficient (Wildman–Crippen LogP) is 2.20. The second kappa shape index (κ2) is 6.99. The number of hydrogen-bond donors (Lipinski definition) is 1. The molecule has 4 rings (SSSR count). The number of rotatable bonds is 5. The minimum absolute atomic E-state index is 0.177. The summed E-state index contributed by atoms with van der Waals surface area (Å²) in [6, 6.07) is 13.4. The highest BCUT2D eigenvalue weighted by atomic mass is 16.4. The van der Waals surface area contributed by atoms with E-state index in [0.717, 1.165) is 0 Å². The summed E-state index contributed by atoms with van der Waals surface area (Å²) in [5.41, 5.74) is 1.96. The molecule has 28 heavy (non-hydrogen) atoms. The standard InChI is InChI=1S/C20H16N4O4/c1-23-11-10-21-19(23)18(26)13-6-8-14(9-7-13)22-17(25)12-24-15-4-2-3-5-16(15)28-20(24)27/h2-11H,12H2,1H3,(H,22,25). The normalized spacial score (nSPS) is 10.9. The first kappa shape index (κ1) is 17.5. The van der Waals surface area contributed by atoms with Gasteiger partial charge in [-0.1, -0.05) is 12.1 Å². The molecule has 1 N–H and O–H groups in total. The molecule has 2 heterocycles. The molecular weight excluding hydrogens is 360 g/mol. The van der Waals surface area contributed by atoms with Crippen molar-refractivity contribution in [1.82, 2.24) is 14.1 Å². The Labute approximate surface area is 159 Å². The first-order chi connectivity index (χ1) is 13.5. The van der Waals surface area contributed by atoms with Gasteiger partial charge in [-0.2, -0.15) is 0 Å². The fraction of sp³-hybridized carbons (Fsp3) is 0.100. The van der Waals surface area contributed by atoms with E-state index in [4.69, 9.17) is 4.42 Å². The molecule has 140 valence electrons.